The molecule has 8 heteroatoms. The summed E-state index contributed by atoms with van der Waals surface area (Å²) >= 11 is 0. The molecule has 38 heavy (non-hydrogen) atoms. The highest BCUT2D eigenvalue weighted by molar-refractivity contribution is 5.87. The van der Waals surface area contributed by atoms with Crippen molar-refractivity contribution in [1.29, 1.82) is 0 Å². The van der Waals surface area contributed by atoms with Gasteiger partial charge in [0.25, 0.3) is 0 Å². The molecule has 1 aliphatic carbocycles. The van der Waals surface area contributed by atoms with Gasteiger partial charge in [-0.3, -0.25) is 9.59 Å². The van der Waals surface area contributed by atoms with Crippen LogP contribution in [0.15, 0.2) is 36.0 Å². The average Bonchev–Trinajstić information content (AvgIpc) is 3.67. The van der Waals surface area contributed by atoms with Gasteiger partial charge in [-0.25, -0.2) is 0 Å². The van der Waals surface area contributed by atoms with Gasteiger partial charge >= 0.3 is 5.97 Å². The number of hydrogen-bond acceptors (Lipinski definition) is 7. The lowest BCUT2D eigenvalue weighted by Crippen LogP contribution is -2.54. The Hall–Kier alpha value is -2.00. The zero-order valence-electron chi connectivity index (χ0n) is 24.0. The molecule has 1 saturated carbocycles. The Morgan fingerprint density at radius 3 is 2.39 bits per heavy atom. The molecule has 2 spiro atoms. The van der Waals surface area contributed by atoms with Crippen LogP contribution in [0.4, 0.5) is 0 Å². The van der Waals surface area contributed by atoms with E-state index in [0.29, 0.717) is 12.3 Å². The predicted octanol–water partition coefficient (Wildman–Crippen LogP) is 3.77. The lowest BCUT2D eigenvalue weighted by molar-refractivity contribution is -0.171. The minimum atomic E-state index is -0.684. The Morgan fingerprint density at radius 2 is 1.76 bits per heavy atom. The van der Waals surface area contributed by atoms with Crippen LogP contribution in [-0.4, -0.2) is 70.3 Å². The largest absolute Gasteiger partial charge is 0.459 e. The highest BCUT2D eigenvalue weighted by atomic mass is 16.6. The number of nitrogens with one attached hydrogen (secondary N) is 1. The van der Waals surface area contributed by atoms with Gasteiger partial charge in [0.2, 0.25) is 5.91 Å². The molecule has 0 aromatic rings. The van der Waals surface area contributed by atoms with E-state index in [9.17, 15) is 14.7 Å². The zero-order valence-corrected chi connectivity index (χ0v) is 24.0. The molecule has 0 bridgehead atoms. The van der Waals surface area contributed by atoms with Gasteiger partial charge in [-0.2, -0.15) is 0 Å². The third-order valence-electron chi connectivity index (χ3n) is 8.63. The fourth-order valence-corrected chi connectivity index (χ4v) is 6.51. The summed E-state index contributed by atoms with van der Waals surface area (Å²) in [6.07, 6.45) is 10.1. The lowest BCUT2D eigenvalue weighted by atomic mass is 9.81. The average molecular weight is 532 g/mol. The van der Waals surface area contributed by atoms with E-state index in [-0.39, 0.29) is 47.2 Å². The number of epoxide rings is 1. The number of allylic oxidation sites excluding steroid dienone is 2. The monoisotopic (exact) mass is 531 g/mol. The Morgan fingerprint density at radius 1 is 1.08 bits per heavy atom. The van der Waals surface area contributed by atoms with Gasteiger partial charge in [-0.1, -0.05) is 30.7 Å². The Labute approximate surface area is 226 Å². The number of rotatable bonds is 7. The molecule has 4 fully saturated rings. The van der Waals surface area contributed by atoms with Crippen molar-refractivity contribution in [2.45, 2.75) is 128 Å². The molecule has 4 aliphatic rings. The van der Waals surface area contributed by atoms with Crippen LogP contribution in [0, 0.1) is 11.8 Å². The Kier molecular flexibility index (Phi) is 8.03. The first-order chi connectivity index (χ1) is 17.7. The minimum absolute atomic E-state index is 0.0420. The van der Waals surface area contributed by atoms with Crippen LogP contribution in [0.5, 0.6) is 0 Å². The van der Waals surface area contributed by atoms with E-state index in [1.165, 1.54) is 13.0 Å². The molecule has 10 atom stereocenters. The van der Waals surface area contributed by atoms with Crippen LogP contribution in [0.2, 0.25) is 0 Å². The summed E-state index contributed by atoms with van der Waals surface area (Å²) < 4.78 is 23.6. The highest BCUT2D eigenvalue weighted by Crippen LogP contribution is 2.57. The summed E-state index contributed by atoms with van der Waals surface area (Å²) in [5, 5.41) is 14.0. The Balaban J connectivity index is 1.32. The second-order valence-corrected chi connectivity index (χ2v) is 12.5. The first-order valence-corrected chi connectivity index (χ1v) is 13.9. The quantitative estimate of drug-likeness (QED) is 0.223. The molecule has 3 aliphatic heterocycles. The van der Waals surface area contributed by atoms with Crippen LogP contribution < -0.4 is 5.32 Å². The van der Waals surface area contributed by atoms with Gasteiger partial charge in [-0.05, 0) is 66.4 Å². The van der Waals surface area contributed by atoms with Crippen LogP contribution in [-0.2, 0) is 28.5 Å². The highest BCUT2D eigenvalue weighted by Gasteiger charge is 2.65. The summed E-state index contributed by atoms with van der Waals surface area (Å²) in [7, 11) is 0. The smallest absolute Gasteiger partial charge is 0.303 e. The van der Waals surface area contributed by atoms with Gasteiger partial charge < -0.3 is 29.4 Å². The van der Waals surface area contributed by atoms with Crippen molar-refractivity contribution >= 4 is 11.9 Å². The number of hydrogen-bond donors (Lipinski definition) is 2. The number of aliphatic hydroxyl groups excluding tert-OH is 1. The number of carbonyl (C=O) groups is 2. The standard InChI is InChI=1S/C30H45NO7/c1-17(9-11-25-27(34)30(21(5)37-30)16-28(7,8)38-25)13-23-15-29(23)18(2)14-24(20(4)36-29)31-26(33)12-10-19(3)35-22(6)32/h9-13,18-21,23-25,27,34H,14-16H2,1-8H3,(H,31,33)/b11-9+,12-10-,17-13+/t18-,19-,20+,21-,23?,24+,25+,27+,29-,30+/m0/s1. The van der Waals surface area contributed by atoms with Gasteiger partial charge in [0.05, 0.1) is 29.5 Å². The summed E-state index contributed by atoms with van der Waals surface area (Å²) in [5.74, 6) is -0.0143. The van der Waals surface area contributed by atoms with Gasteiger partial charge in [0, 0.05) is 25.3 Å². The van der Waals surface area contributed by atoms with Crippen molar-refractivity contribution < 1.29 is 33.6 Å². The van der Waals surface area contributed by atoms with E-state index in [0.717, 1.165) is 18.4 Å². The second-order valence-electron chi connectivity index (χ2n) is 12.5. The van der Waals surface area contributed by atoms with Gasteiger partial charge in [0.1, 0.15) is 23.9 Å². The van der Waals surface area contributed by atoms with E-state index in [1.807, 2.05) is 39.8 Å². The molecule has 0 radical (unpaired) electrons. The maximum absolute atomic E-state index is 12.4. The van der Waals surface area contributed by atoms with Crippen LogP contribution in [0.25, 0.3) is 0 Å². The number of amides is 1. The van der Waals surface area contributed by atoms with Crippen molar-refractivity contribution in [3.8, 4) is 0 Å². The van der Waals surface area contributed by atoms with E-state index in [2.05, 4.69) is 25.2 Å². The molecule has 0 aromatic heterocycles. The van der Waals surface area contributed by atoms with Crippen molar-refractivity contribution in [2.24, 2.45) is 11.8 Å². The molecule has 212 valence electrons. The molecule has 1 amide bonds. The molecule has 1 unspecified atom stereocenters. The van der Waals surface area contributed by atoms with E-state index >= 15 is 0 Å². The normalized spacial score (nSPS) is 43.0. The summed E-state index contributed by atoms with van der Waals surface area (Å²) in [6.45, 7) is 15.4. The molecule has 0 aromatic carbocycles. The summed E-state index contributed by atoms with van der Waals surface area (Å²) in [4.78, 5) is 23.5. The molecule has 2 N–H and O–H groups in total. The number of ether oxygens (including phenoxy) is 4. The first-order valence-electron chi connectivity index (χ1n) is 13.9. The van der Waals surface area contributed by atoms with E-state index in [1.54, 1.807) is 13.0 Å². The zero-order chi connectivity index (χ0) is 28.0. The maximum Gasteiger partial charge on any atom is 0.303 e. The van der Waals surface area contributed by atoms with Gasteiger partial charge in [0.15, 0.2) is 0 Å². The summed E-state index contributed by atoms with van der Waals surface area (Å²) in [6, 6.07) is -0.0873. The van der Waals surface area contributed by atoms with E-state index in [4.69, 9.17) is 18.9 Å². The van der Waals surface area contributed by atoms with Crippen LogP contribution in [0.3, 0.4) is 0 Å². The fraction of sp³-hybridized carbons (Fsp3) is 0.733. The SMILES string of the molecule is CC(=O)O[C@@H](C)/C=C\C(=O)N[C@@H]1C[C@H](C)[C@]2(CC2/C=C(C)/C=C/[C@H]2OC(C)(C)C[C@]3(O[C@H]3C)[C@@H]2O)O[C@@H]1C. The number of aliphatic hydroxyl groups is 1. The molecule has 3 heterocycles. The first kappa shape index (κ1) is 29.0. The molecule has 3 saturated heterocycles. The van der Waals surface area contributed by atoms with E-state index < -0.39 is 23.9 Å². The predicted molar refractivity (Wildman–Crippen MR) is 143 cm³/mol. The van der Waals surface area contributed by atoms with Crippen molar-refractivity contribution in [3.05, 3.63) is 36.0 Å². The topological polar surface area (TPSA) is 107 Å². The number of carbonyl (C=O) groups excluding carboxylic acids is 2. The Bertz CT molecular complexity index is 1020. The summed E-state index contributed by atoms with van der Waals surface area (Å²) in [5.41, 5.74) is 0.0371. The molecular weight excluding hydrogens is 486 g/mol. The van der Waals surface area contributed by atoms with Crippen LogP contribution in [0.1, 0.15) is 74.7 Å². The third-order valence-corrected chi connectivity index (χ3v) is 8.63. The molecule has 4 rings (SSSR count). The van der Waals surface area contributed by atoms with Gasteiger partial charge in [-0.15, -0.1) is 0 Å². The third kappa shape index (κ3) is 6.09. The maximum atomic E-state index is 12.4. The second kappa shape index (κ2) is 10.5. The van der Waals surface area contributed by atoms with Crippen LogP contribution >= 0.6 is 0 Å². The van der Waals surface area contributed by atoms with Crippen molar-refractivity contribution in [2.75, 3.05) is 0 Å². The van der Waals surface area contributed by atoms with Crippen molar-refractivity contribution in [3.63, 3.8) is 0 Å². The number of esters is 1. The lowest BCUT2D eigenvalue weighted by Gasteiger charge is -2.42. The van der Waals surface area contributed by atoms with Crippen molar-refractivity contribution in [1.82, 2.24) is 5.32 Å². The minimum Gasteiger partial charge on any atom is -0.459 e. The molecule has 8 nitrogen and oxygen atoms in total. The fourth-order valence-electron chi connectivity index (χ4n) is 6.51. The molecular formula is C30H45NO7.